The lowest BCUT2D eigenvalue weighted by Gasteiger charge is -2.17. The predicted octanol–water partition coefficient (Wildman–Crippen LogP) is 2.38. The fourth-order valence-corrected chi connectivity index (χ4v) is 2.20. The first-order valence-electron chi connectivity index (χ1n) is 7.46. The fraction of sp³-hybridized carbons (Fsp3) is 0.412. The Hall–Kier alpha value is -2.14. The number of hydrogen-bond acceptors (Lipinski definition) is 4. The van der Waals surface area contributed by atoms with Gasteiger partial charge in [-0.2, -0.15) is 0 Å². The molecule has 2 unspecified atom stereocenters. The summed E-state index contributed by atoms with van der Waals surface area (Å²) in [5, 5.41) is 14.4. The molecular weight excluding hydrogens is 280 g/mol. The number of rotatable bonds is 6. The fourth-order valence-electron chi connectivity index (χ4n) is 2.20. The topological polar surface area (TPSA) is 71.5 Å². The molecule has 0 aliphatic carbocycles. The highest BCUT2D eigenvalue weighted by Gasteiger charge is 2.16. The van der Waals surface area contributed by atoms with Crippen molar-refractivity contribution in [2.24, 2.45) is 5.92 Å². The number of ether oxygens (including phenoxy) is 1. The van der Waals surface area contributed by atoms with E-state index >= 15 is 0 Å². The molecule has 5 heteroatoms. The zero-order valence-electron chi connectivity index (χ0n) is 13.2. The number of carbonyl (C=O) groups is 1. The number of benzene rings is 1. The Morgan fingerprint density at radius 3 is 2.82 bits per heavy atom. The van der Waals surface area contributed by atoms with Gasteiger partial charge >= 0.3 is 0 Å². The van der Waals surface area contributed by atoms with E-state index in [1.165, 1.54) is 7.11 Å². The monoisotopic (exact) mass is 302 g/mol. The van der Waals surface area contributed by atoms with Crippen LogP contribution in [0.3, 0.4) is 0 Å². The maximum atomic E-state index is 12.2. The van der Waals surface area contributed by atoms with E-state index in [1.54, 1.807) is 6.07 Å². The van der Waals surface area contributed by atoms with Crippen LogP contribution in [0.15, 0.2) is 30.3 Å². The number of pyridine rings is 1. The van der Waals surface area contributed by atoms with E-state index < -0.39 is 6.10 Å². The molecule has 1 amide bonds. The summed E-state index contributed by atoms with van der Waals surface area (Å²) >= 11 is 0. The van der Waals surface area contributed by atoms with Crippen molar-refractivity contribution in [1.29, 1.82) is 0 Å². The Balaban J connectivity index is 2.18. The van der Waals surface area contributed by atoms with Crippen molar-refractivity contribution >= 4 is 16.7 Å². The molecule has 2 N–H and O–H groups in total. The quantitative estimate of drug-likeness (QED) is 0.859. The lowest BCUT2D eigenvalue weighted by atomic mass is 10.0. The van der Waals surface area contributed by atoms with Gasteiger partial charge in [-0.05, 0) is 23.4 Å². The molecule has 1 heterocycles. The molecule has 2 atom stereocenters. The molecule has 0 aliphatic heterocycles. The number of methoxy groups -OCH3 is 1. The number of aliphatic hydroxyl groups is 1. The summed E-state index contributed by atoms with van der Waals surface area (Å²) in [7, 11) is 1.53. The van der Waals surface area contributed by atoms with Crippen LogP contribution in [0.2, 0.25) is 0 Å². The van der Waals surface area contributed by atoms with E-state index in [-0.39, 0.29) is 24.1 Å². The van der Waals surface area contributed by atoms with Gasteiger partial charge in [0.1, 0.15) is 5.69 Å². The molecule has 0 saturated heterocycles. The van der Waals surface area contributed by atoms with Gasteiger partial charge in [-0.25, -0.2) is 4.98 Å². The van der Waals surface area contributed by atoms with Crippen molar-refractivity contribution in [3.8, 4) is 5.88 Å². The number of aromatic nitrogens is 1. The number of aliphatic hydroxyl groups excluding tert-OH is 1. The maximum absolute atomic E-state index is 12.2. The van der Waals surface area contributed by atoms with Gasteiger partial charge in [-0.3, -0.25) is 4.79 Å². The first-order chi connectivity index (χ1) is 10.6. The van der Waals surface area contributed by atoms with Gasteiger partial charge in [-0.1, -0.05) is 38.5 Å². The van der Waals surface area contributed by atoms with Crippen LogP contribution in [-0.2, 0) is 0 Å². The minimum absolute atomic E-state index is 0.138. The second-order valence-corrected chi connectivity index (χ2v) is 5.40. The summed E-state index contributed by atoms with van der Waals surface area (Å²) in [6.07, 6.45) is 0.301. The molecule has 0 radical (unpaired) electrons. The van der Waals surface area contributed by atoms with Gasteiger partial charge in [0.2, 0.25) is 5.88 Å². The molecular formula is C17H22N2O3. The van der Waals surface area contributed by atoms with Crippen LogP contribution in [0.1, 0.15) is 30.8 Å². The molecule has 0 fully saturated rings. The SMILES string of the molecule is CCC(C)C(O)CNC(=O)c1cc2ccccc2c(OC)n1. The van der Waals surface area contributed by atoms with Crippen LogP contribution >= 0.6 is 0 Å². The van der Waals surface area contributed by atoms with Crippen LogP contribution in [0.25, 0.3) is 10.8 Å². The molecule has 0 bridgehead atoms. The van der Waals surface area contributed by atoms with E-state index in [1.807, 2.05) is 38.1 Å². The third-order valence-electron chi connectivity index (χ3n) is 3.90. The van der Waals surface area contributed by atoms with E-state index in [4.69, 9.17) is 4.74 Å². The summed E-state index contributed by atoms with van der Waals surface area (Å²) in [4.78, 5) is 16.5. The highest BCUT2D eigenvalue weighted by Crippen LogP contribution is 2.24. The van der Waals surface area contributed by atoms with Gasteiger partial charge in [0.05, 0.1) is 13.2 Å². The summed E-state index contributed by atoms with van der Waals surface area (Å²) in [6, 6.07) is 9.33. The normalized spacial score (nSPS) is 13.6. The van der Waals surface area contributed by atoms with Crippen molar-refractivity contribution in [2.45, 2.75) is 26.4 Å². The Bertz CT molecular complexity index is 657. The second-order valence-electron chi connectivity index (χ2n) is 5.40. The van der Waals surface area contributed by atoms with Crippen LogP contribution in [0.4, 0.5) is 0 Å². The van der Waals surface area contributed by atoms with Gasteiger partial charge < -0.3 is 15.2 Å². The van der Waals surface area contributed by atoms with Crippen molar-refractivity contribution in [3.63, 3.8) is 0 Å². The molecule has 2 aromatic rings. The van der Waals surface area contributed by atoms with Crippen molar-refractivity contribution in [2.75, 3.05) is 13.7 Å². The van der Waals surface area contributed by atoms with Gasteiger partial charge in [0, 0.05) is 11.9 Å². The predicted molar refractivity (Wildman–Crippen MR) is 86.1 cm³/mol. The molecule has 2 rings (SSSR count). The van der Waals surface area contributed by atoms with Gasteiger partial charge in [0.15, 0.2) is 0 Å². The Labute approximate surface area is 130 Å². The summed E-state index contributed by atoms with van der Waals surface area (Å²) in [5.74, 6) is 0.247. The summed E-state index contributed by atoms with van der Waals surface area (Å²) < 4.78 is 5.26. The third-order valence-corrected chi connectivity index (χ3v) is 3.90. The third kappa shape index (κ3) is 3.54. The minimum atomic E-state index is -0.559. The number of hydrogen-bond donors (Lipinski definition) is 2. The van der Waals surface area contributed by atoms with E-state index in [0.29, 0.717) is 5.88 Å². The molecule has 118 valence electrons. The van der Waals surface area contributed by atoms with Crippen molar-refractivity contribution in [3.05, 3.63) is 36.0 Å². The van der Waals surface area contributed by atoms with Gasteiger partial charge in [-0.15, -0.1) is 0 Å². The van der Waals surface area contributed by atoms with Crippen LogP contribution in [0, 0.1) is 5.92 Å². The average Bonchev–Trinajstić information content (AvgIpc) is 2.57. The average molecular weight is 302 g/mol. The lowest BCUT2D eigenvalue weighted by molar-refractivity contribution is 0.0845. The first kappa shape index (κ1) is 16.2. The highest BCUT2D eigenvalue weighted by atomic mass is 16.5. The number of amides is 1. The molecule has 0 spiro atoms. The second kappa shape index (κ2) is 7.22. The van der Waals surface area contributed by atoms with Crippen molar-refractivity contribution in [1.82, 2.24) is 10.3 Å². The molecule has 0 saturated carbocycles. The van der Waals surface area contributed by atoms with E-state index in [0.717, 1.165) is 17.2 Å². The number of nitrogens with one attached hydrogen (secondary N) is 1. The maximum Gasteiger partial charge on any atom is 0.270 e. The standard InChI is InChI=1S/C17H22N2O3/c1-4-11(2)15(20)10-18-16(21)14-9-12-7-5-6-8-13(12)17(19-14)22-3/h5-9,11,15,20H,4,10H2,1-3H3,(H,18,21). The Morgan fingerprint density at radius 1 is 1.41 bits per heavy atom. The molecule has 1 aromatic heterocycles. The summed E-state index contributed by atoms with van der Waals surface area (Å²) in [6.45, 7) is 4.17. The Morgan fingerprint density at radius 2 is 2.14 bits per heavy atom. The number of carbonyl (C=O) groups excluding carboxylic acids is 1. The van der Waals surface area contributed by atoms with E-state index in [2.05, 4.69) is 10.3 Å². The van der Waals surface area contributed by atoms with Crippen LogP contribution < -0.4 is 10.1 Å². The molecule has 22 heavy (non-hydrogen) atoms. The zero-order valence-corrected chi connectivity index (χ0v) is 13.2. The largest absolute Gasteiger partial charge is 0.481 e. The smallest absolute Gasteiger partial charge is 0.270 e. The minimum Gasteiger partial charge on any atom is -0.481 e. The molecule has 5 nitrogen and oxygen atoms in total. The van der Waals surface area contributed by atoms with E-state index in [9.17, 15) is 9.90 Å². The first-order valence-corrected chi connectivity index (χ1v) is 7.46. The molecule has 0 aliphatic rings. The highest BCUT2D eigenvalue weighted by molar-refractivity contribution is 5.98. The molecule has 1 aromatic carbocycles. The van der Waals surface area contributed by atoms with Gasteiger partial charge in [0.25, 0.3) is 5.91 Å². The lowest BCUT2D eigenvalue weighted by Crippen LogP contribution is -2.35. The Kier molecular flexibility index (Phi) is 5.33. The van der Waals surface area contributed by atoms with Crippen LogP contribution in [0.5, 0.6) is 5.88 Å². The zero-order chi connectivity index (χ0) is 16.1. The van der Waals surface area contributed by atoms with Crippen LogP contribution in [-0.4, -0.2) is 35.8 Å². The number of nitrogens with zero attached hydrogens (tertiary/aromatic N) is 1. The summed E-state index contributed by atoms with van der Waals surface area (Å²) in [5.41, 5.74) is 0.284. The number of fused-ring (bicyclic) bond motifs is 1. The van der Waals surface area contributed by atoms with Crippen molar-refractivity contribution < 1.29 is 14.6 Å².